The van der Waals surface area contributed by atoms with Crippen molar-refractivity contribution in [2.75, 3.05) is 25.0 Å². The van der Waals surface area contributed by atoms with Gasteiger partial charge in [-0.1, -0.05) is 18.2 Å². The number of ether oxygens (including phenoxy) is 1. The molecule has 9 heteroatoms. The van der Waals surface area contributed by atoms with Crippen LogP contribution in [-0.4, -0.2) is 57.9 Å². The minimum absolute atomic E-state index is 0.265. The maximum absolute atomic E-state index is 11.9. The fourth-order valence-corrected chi connectivity index (χ4v) is 3.81. The maximum atomic E-state index is 11.9. The summed E-state index contributed by atoms with van der Waals surface area (Å²) < 4.78 is 5.40. The van der Waals surface area contributed by atoms with E-state index in [0.29, 0.717) is 23.9 Å². The largest absolute Gasteiger partial charge is 0.508 e. The van der Waals surface area contributed by atoms with Gasteiger partial charge in [0.15, 0.2) is 6.29 Å². The summed E-state index contributed by atoms with van der Waals surface area (Å²) in [5, 5.41) is 13.4. The molecule has 2 fully saturated rings. The number of phenolic OH excluding ortho intramolecular Hbond substituents is 1. The van der Waals surface area contributed by atoms with E-state index in [4.69, 9.17) is 9.57 Å². The standard InChI is InChI=1S/C23H29N5O4/c29-20-6-2-1-5-17(20)15-28-11-10-19(16-28)26-21-14-24-18(13-25-21)8-9-22(30)27-32-23-7-3-4-12-31-23/h1-2,5-6,8-9,13-14,19,23,29H,3-4,7,10-12,15-16H2,(H,25,26)(H,27,30)/t19-,23?/m1/s1. The number of hydrogen-bond acceptors (Lipinski definition) is 8. The van der Waals surface area contributed by atoms with Crippen LogP contribution >= 0.6 is 0 Å². The highest BCUT2D eigenvalue weighted by molar-refractivity contribution is 5.90. The molecule has 170 valence electrons. The molecule has 2 aliphatic rings. The molecule has 1 amide bonds. The second-order valence-electron chi connectivity index (χ2n) is 8.03. The van der Waals surface area contributed by atoms with Gasteiger partial charge in [-0.15, -0.1) is 0 Å². The molecule has 9 nitrogen and oxygen atoms in total. The van der Waals surface area contributed by atoms with Gasteiger partial charge < -0.3 is 15.2 Å². The number of carbonyl (C=O) groups is 1. The van der Waals surface area contributed by atoms with Gasteiger partial charge >= 0.3 is 0 Å². The molecule has 32 heavy (non-hydrogen) atoms. The van der Waals surface area contributed by atoms with Gasteiger partial charge in [0.25, 0.3) is 5.91 Å². The molecule has 2 aromatic rings. The summed E-state index contributed by atoms with van der Waals surface area (Å²) in [5.74, 6) is 0.651. The number of aromatic nitrogens is 2. The molecule has 0 saturated carbocycles. The van der Waals surface area contributed by atoms with E-state index in [9.17, 15) is 9.90 Å². The van der Waals surface area contributed by atoms with E-state index in [-0.39, 0.29) is 18.2 Å². The number of anilines is 1. The Kier molecular flexibility index (Phi) is 7.65. The number of nitrogens with one attached hydrogen (secondary N) is 2. The first kappa shape index (κ1) is 22.2. The number of likely N-dealkylation sites (tertiary alicyclic amines) is 1. The molecule has 2 atom stereocenters. The fraction of sp³-hybridized carbons (Fsp3) is 0.435. The van der Waals surface area contributed by atoms with E-state index in [1.807, 2.05) is 18.2 Å². The molecule has 0 spiro atoms. The van der Waals surface area contributed by atoms with Crippen LogP contribution in [0, 0.1) is 0 Å². The van der Waals surface area contributed by atoms with Crippen LogP contribution in [0.25, 0.3) is 6.08 Å². The summed E-state index contributed by atoms with van der Waals surface area (Å²) in [6.07, 6.45) is 9.65. The minimum Gasteiger partial charge on any atom is -0.508 e. The van der Waals surface area contributed by atoms with Crippen molar-refractivity contribution in [3.63, 3.8) is 0 Å². The van der Waals surface area contributed by atoms with Crippen LogP contribution in [0.1, 0.15) is 36.9 Å². The Morgan fingerprint density at radius 3 is 2.94 bits per heavy atom. The predicted octanol–water partition coefficient (Wildman–Crippen LogP) is 2.46. The molecule has 2 aliphatic heterocycles. The molecule has 1 aromatic heterocycles. The highest BCUT2D eigenvalue weighted by Crippen LogP contribution is 2.21. The van der Waals surface area contributed by atoms with Crippen LogP contribution < -0.4 is 10.8 Å². The third kappa shape index (κ3) is 6.49. The van der Waals surface area contributed by atoms with Crippen LogP contribution in [0.5, 0.6) is 5.75 Å². The summed E-state index contributed by atoms with van der Waals surface area (Å²) in [4.78, 5) is 28.2. The van der Waals surface area contributed by atoms with E-state index < -0.39 is 0 Å². The number of hydrogen-bond donors (Lipinski definition) is 3. The van der Waals surface area contributed by atoms with Crippen molar-refractivity contribution >= 4 is 17.8 Å². The van der Waals surface area contributed by atoms with Crippen molar-refractivity contribution in [3.8, 4) is 5.75 Å². The van der Waals surface area contributed by atoms with Crippen LogP contribution in [0.2, 0.25) is 0 Å². The van der Waals surface area contributed by atoms with Crippen molar-refractivity contribution < 1.29 is 19.5 Å². The van der Waals surface area contributed by atoms with Crippen LogP contribution in [0.4, 0.5) is 5.82 Å². The topological polar surface area (TPSA) is 109 Å². The molecule has 4 rings (SSSR count). The number of para-hydroxylation sites is 1. The van der Waals surface area contributed by atoms with E-state index in [1.165, 1.54) is 6.08 Å². The van der Waals surface area contributed by atoms with E-state index in [0.717, 1.165) is 50.9 Å². The number of nitrogens with zero attached hydrogens (tertiary/aromatic N) is 3. The van der Waals surface area contributed by atoms with Crippen LogP contribution in [0.15, 0.2) is 42.7 Å². The second kappa shape index (κ2) is 11.0. The number of benzene rings is 1. The van der Waals surface area contributed by atoms with Gasteiger partial charge in [-0.3, -0.25) is 14.7 Å². The Morgan fingerprint density at radius 1 is 1.25 bits per heavy atom. The van der Waals surface area contributed by atoms with E-state index in [2.05, 4.69) is 25.7 Å². The highest BCUT2D eigenvalue weighted by Gasteiger charge is 2.23. The Hall–Kier alpha value is -3.01. The average molecular weight is 440 g/mol. The fourth-order valence-electron chi connectivity index (χ4n) is 3.81. The third-order valence-electron chi connectivity index (χ3n) is 5.52. The first-order valence-electron chi connectivity index (χ1n) is 11.0. The molecule has 0 aliphatic carbocycles. The number of rotatable bonds is 8. The average Bonchev–Trinajstić information content (AvgIpc) is 3.26. The monoisotopic (exact) mass is 439 g/mol. The van der Waals surface area contributed by atoms with Crippen LogP contribution in [-0.2, 0) is 20.9 Å². The number of phenols is 1. The molecule has 1 aromatic carbocycles. The first-order chi connectivity index (χ1) is 15.7. The summed E-state index contributed by atoms with van der Waals surface area (Å²) in [6.45, 7) is 3.19. The lowest BCUT2D eigenvalue weighted by molar-refractivity contribution is -0.198. The maximum Gasteiger partial charge on any atom is 0.267 e. The molecular weight excluding hydrogens is 410 g/mol. The van der Waals surface area contributed by atoms with Crippen molar-refractivity contribution in [3.05, 3.63) is 54.0 Å². The van der Waals surface area contributed by atoms with Crippen molar-refractivity contribution in [1.82, 2.24) is 20.3 Å². The number of carbonyl (C=O) groups excluding carboxylic acids is 1. The van der Waals surface area contributed by atoms with Gasteiger partial charge in [-0.25, -0.2) is 15.3 Å². The Labute approximate surface area is 187 Å². The molecule has 0 bridgehead atoms. The number of amides is 1. The number of hydroxylamine groups is 1. The molecular formula is C23H29N5O4. The van der Waals surface area contributed by atoms with E-state index in [1.54, 1.807) is 24.5 Å². The normalized spacial score (nSPS) is 21.6. The summed E-state index contributed by atoms with van der Waals surface area (Å²) in [5.41, 5.74) is 3.89. The minimum atomic E-state index is -0.379. The zero-order valence-electron chi connectivity index (χ0n) is 17.9. The predicted molar refractivity (Wildman–Crippen MR) is 119 cm³/mol. The van der Waals surface area contributed by atoms with Gasteiger partial charge in [0.05, 0.1) is 18.1 Å². The lowest BCUT2D eigenvalue weighted by Gasteiger charge is -2.21. The zero-order valence-corrected chi connectivity index (χ0v) is 17.9. The summed E-state index contributed by atoms with van der Waals surface area (Å²) >= 11 is 0. The molecule has 2 saturated heterocycles. The highest BCUT2D eigenvalue weighted by atomic mass is 16.8. The van der Waals surface area contributed by atoms with Crippen molar-refractivity contribution in [2.45, 2.75) is 44.6 Å². The van der Waals surface area contributed by atoms with Gasteiger partial charge in [0.2, 0.25) is 0 Å². The first-order valence-corrected chi connectivity index (χ1v) is 11.0. The van der Waals surface area contributed by atoms with Crippen LogP contribution in [0.3, 0.4) is 0 Å². The lowest BCUT2D eigenvalue weighted by atomic mass is 10.2. The lowest BCUT2D eigenvalue weighted by Crippen LogP contribution is -2.32. The Morgan fingerprint density at radius 2 is 2.16 bits per heavy atom. The van der Waals surface area contributed by atoms with Gasteiger partial charge in [-0.05, 0) is 31.4 Å². The molecule has 3 heterocycles. The van der Waals surface area contributed by atoms with Gasteiger partial charge in [0.1, 0.15) is 11.6 Å². The molecule has 1 unspecified atom stereocenters. The van der Waals surface area contributed by atoms with Gasteiger partial charge in [-0.2, -0.15) is 0 Å². The Balaban J connectivity index is 1.20. The van der Waals surface area contributed by atoms with E-state index >= 15 is 0 Å². The summed E-state index contributed by atoms with van der Waals surface area (Å²) in [7, 11) is 0. The molecule has 0 radical (unpaired) electrons. The quantitative estimate of drug-likeness (QED) is 0.425. The zero-order chi connectivity index (χ0) is 22.2. The Bertz CT molecular complexity index is 915. The number of aromatic hydroxyl groups is 1. The van der Waals surface area contributed by atoms with Gasteiger partial charge in [0, 0.05) is 50.3 Å². The van der Waals surface area contributed by atoms with Crippen molar-refractivity contribution in [1.29, 1.82) is 0 Å². The summed E-state index contributed by atoms with van der Waals surface area (Å²) in [6, 6.07) is 7.70. The molecule has 3 N–H and O–H groups in total. The van der Waals surface area contributed by atoms with Crippen molar-refractivity contribution in [2.24, 2.45) is 0 Å². The SMILES string of the molecule is O=C(C=Cc1cnc(N[C@@H]2CCN(Cc3ccccc3O)C2)cn1)NOC1CCCCO1. The smallest absolute Gasteiger partial charge is 0.267 e. The second-order valence-corrected chi connectivity index (χ2v) is 8.03. The third-order valence-corrected chi connectivity index (χ3v) is 5.52.